The smallest absolute Gasteiger partial charge is 0.325 e. The molecule has 0 atom stereocenters. The minimum atomic E-state index is -0.922. The minimum absolute atomic E-state index is 0.169. The third-order valence-electron chi connectivity index (χ3n) is 2.44. The zero-order valence-corrected chi connectivity index (χ0v) is 14.1. The Kier molecular flexibility index (Phi) is 6.00. The van der Waals surface area contributed by atoms with Crippen LogP contribution in [0.4, 0.5) is 0 Å². The van der Waals surface area contributed by atoms with Gasteiger partial charge in [-0.2, -0.15) is 16.9 Å². The highest BCUT2D eigenvalue weighted by atomic mass is 32.2. The van der Waals surface area contributed by atoms with Crippen molar-refractivity contribution in [2.75, 3.05) is 12.0 Å². The van der Waals surface area contributed by atoms with Gasteiger partial charge in [-0.1, -0.05) is 23.1 Å². The van der Waals surface area contributed by atoms with E-state index in [0.29, 0.717) is 17.4 Å². The zero-order valence-electron chi connectivity index (χ0n) is 11.6. The average molecular weight is 345 g/mol. The maximum Gasteiger partial charge on any atom is 0.325 e. The number of carbonyl (C=O) groups is 1. The lowest BCUT2D eigenvalue weighted by Gasteiger charge is -2.00. The molecule has 2 heterocycles. The second-order valence-corrected chi connectivity index (χ2v) is 7.50. The molecule has 2 aromatic rings. The van der Waals surface area contributed by atoms with Crippen LogP contribution >= 0.6 is 34.9 Å². The van der Waals surface area contributed by atoms with Crippen LogP contribution in [0.2, 0.25) is 0 Å². The van der Waals surface area contributed by atoms with E-state index in [4.69, 9.17) is 5.11 Å². The molecule has 0 amide bonds. The Morgan fingerprint density at radius 3 is 2.86 bits per heavy atom. The van der Waals surface area contributed by atoms with Crippen LogP contribution in [0.1, 0.15) is 16.7 Å². The van der Waals surface area contributed by atoms with Crippen molar-refractivity contribution in [1.82, 2.24) is 25.0 Å². The summed E-state index contributed by atoms with van der Waals surface area (Å²) in [6.07, 6.45) is 2.76. The van der Waals surface area contributed by atoms with Crippen LogP contribution in [0.25, 0.3) is 0 Å². The van der Waals surface area contributed by atoms with Gasteiger partial charge >= 0.3 is 5.97 Å². The fraction of sp³-hybridized carbons (Fsp3) is 0.545. The molecular weight excluding hydrogens is 330 g/mol. The highest BCUT2D eigenvalue weighted by Gasteiger charge is 2.13. The number of carboxylic acid groups (broad SMARTS) is 1. The fourth-order valence-corrected chi connectivity index (χ4v) is 3.69. The summed E-state index contributed by atoms with van der Waals surface area (Å²) in [5.41, 5.74) is 0. The largest absolute Gasteiger partial charge is 0.480 e. The number of hydrogen-bond acceptors (Lipinski definition) is 8. The molecule has 0 radical (unpaired) electrons. The van der Waals surface area contributed by atoms with E-state index in [2.05, 4.69) is 20.3 Å². The van der Waals surface area contributed by atoms with Gasteiger partial charge in [0, 0.05) is 12.2 Å². The van der Waals surface area contributed by atoms with Crippen molar-refractivity contribution in [2.45, 2.75) is 30.0 Å². The quantitative estimate of drug-likeness (QED) is 0.723. The number of aryl methyl sites for hydroxylation is 2. The van der Waals surface area contributed by atoms with Crippen LogP contribution in [-0.4, -0.2) is 48.0 Å². The number of aliphatic carboxylic acids is 1. The molecule has 1 N–H and O–H groups in total. The first-order valence-corrected chi connectivity index (χ1v) is 9.34. The Labute approximate surface area is 134 Å². The van der Waals surface area contributed by atoms with Gasteiger partial charge in [-0.05, 0) is 13.2 Å². The summed E-state index contributed by atoms with van der Waals surface area (Å²) in [7, 11) is 0. The molecule has 2 rings (SSSR count). The summed E-state index contributed by atoms with van der Waals surface area (Å²) in [5, 5.41) is 22.1. The summed E-state index contributed by atoms with van der Waals surface area (Å²) in [4.78, 5) is 15.3. The SMILES string of the molecule is CSCCc1nc(CSc2nnc(C)s2)n(CC(=O)O)n1. The molecule has 114 valence electrons. The molecule has 2 aromatic heterocycles. The van der Waals surface area contributed by atoms with Gasteiger partial charge in [0.05, 0.1) is 5.75 Å². The summed E-state index contributed by atoms with van der Waals surface area (Å²) in [5.74, 6) is 1.88. The van der Waals surface area contributed by atoms with Gasteiger partial charge in [0.25, 0.3) is 0 Å². The molecule has 0 aromatic carbocycles. The van der Waals surface area contributed by atoms with Gasteiger partial charge in [-0.3, -0.25) is 4.79 Å². The Balaban J connectivity index is 2.07. The molecule has 0 aliphatic heterocycles. The first kappa shape index (κ1) is 16.2. The van der Waals surface area contributed by atoms with Crippen LogP contribution in [0, 0.1) is 6.92 Å². The van der Waals surface area contributed by atoms with E-state index in [1.807, 2.05) is 13.2 Å². The number of thioether (sulfide) groups is 2. The lowest BCUT2D eigenvalue weighted by Crippen LogP contribution is -2.13. The van der Waals surface area contributed by atoms with E-state index in [-0.39, 0.29) is 6.54 Å². The van der Waals surface area contributed by atoms with Crippen LogP contribution in [0.3, 0.4) is 0 Å². The second kappa shape index (κ2) is 7.76. The van der Waals surface area contributed by atoms with Crippen molar-refractivity contribution in [2.24, 2.45) is 0 Å². The first-order chi connectivity index (χ1) is 10.1. The van der Waals surface area contributed by atoms with E-state index >= 15 is 0 Å². The second-order valence-electron chi connectivity index (χ2n) is 4.11. The fourth-order valence-electron chi connectivity index (χ4n) is 1.55. The topological polar surface area (TPSA) is 93.8 Å². The number of carboxylic acids is 1. The number of rotatable bonds is 8. The summed E-state index contributed by atoms with van der Waals surface area (Å²) in [6.45, 7) is 1.73. The molecular formula is C11H15N5O2S3. The van der Waals surface area contributed by atoms with Crippen LogP contribution in [0.15, 0.2) is 4.34 Å². The Bertz CT molecular complexity index is 613. The molecule has 0 saturated heterocycles. The first-order valence-electron chi connectivity index (χ1n) is 6.14. The highest BCUT2D eigenvalue weighted by Crippen LogP contribution is 2.25. The van der Waals surface area contributed by atoms with Gasteiger partial charge in [-0.15, -0.1) is 10.2 Å². The van der Waals surface area contributed by atoms with Crippen molar-refractivity contribution in [3.05, 3.63) is 16.7 Å². The monoisotopic (exact) mass is 345 g/mol. The third kappa shape index (κ3) is 4.97. The molecule has 7 nitrogen and oxygen atoms in total. The van der Waals surface area contributed by atoms with Crippen LogP contribution in [-0.2, 0) is 23.5 Å². The average Bonchev–Trinajstić information content (AvgIpc) is 3.00. The Morgan fingerprint density at radius 1 is 1.43 bits per heavy atom. The zero-order chi connectivity index (χ0) is 15.2. The van der Waals surface area contributed by atoms with Gasteiger partial charge < -0.3 is 5.11 Å². The van der Waals surface area contributed by atoms with Crippen molar-refractivity contribution in [1.29, 1.82) is 0 Å². The Morgan fingerprint density at radius 2 is 2.24 bits per heavy atom. The van der Waals surface area contributed by atoms with Gasteiger partial charge in [0.15, 0.2) is 10.2 Å². The van der Waals surface area contributed by atoms with E-state index in [9.17, 15) is 4.79 Å². The third-order valence-corrected chi connectivity index (χ3v) is 5.02. The van der Waals surface area contributed by atoms with Crippen LogP contribution in [0.5, 0.6) is 0 Å². The van der Waals surface area contributed by atoms with Gasteiger partial charge in [0.1, 0.15) is 17.4 Å². The lowest BCUT2D eigenvalue weighted by molar-refractivity contribution is -0.137. The summed E-state index contributed by atoms with van der Waals surface area (Å²) >= 11 is 4.72. The Hall–Kier alpha value is -1.13. The molecule has 0 bridgehead atoms. The standard InChI is InChI=1S/C11H15N5O2S3/c1-7-13-14-11(21-7)20-6-9-12-8(3-4-19-2)15-16(9)5-10(17)18/h3-6H2,1-2H3,(H,17,18). The molecule has 0 aliphatic rings. The predicted molar refractivity (Wildman–Crippen MR) is 84.0 cm³/mol. The number of hydrogen-bond donors (Lipinski definition) is 1. The molecule has 21 heavy (non-hydrogen) atoms. The molecule has 0 unspecified atom stereocenters. The van der Waals surface area contributed by atoms with Crippen molar-refractivity contribution >= 4 is 40.8 Å². The van der Waals surface area contributed by atoms with Crippen LogP contribution < -0.4 is 0 Å². The van der Waals surface area contributed by atoms with Gasteiger partial charge in [-0.25, -0.2) is 9.67 Å². The summed E-state index contributed by atoms with van der Waals surface area (Å²) < 4.78 is 2.31. The predicted octanol–water partition coefficient (Wildman–Crippen LogP) is 1.72. The highest BCUT2D eigenvalue weighted by molar-refractivity contribution is 8.00. The summed E-state index contributed by atoms with van der Waals surface area (Å²) in [6, 6.07) is 0. The van der Waals surface area contributed by atoms with Crippen molar-refractivity contribution < 1.29 is 9.90 Å². The number of nitrogens with zero attached hydrogens (tertiary/aromatic N) is 5. The van der Waals surface area contributed by atoms with Crippen molar-refractivity contribution in [3.8, 4) is 0 Å². The van der Waals surface area contributed by atoms with Crippen molar-refractivity contribution in [3.63, 3.8) is 0 Å². The molecule has 0 aliphatic carbocycles. The molecule has 0 saturated carbocycles. The molecule has 10 heteroatoms. The molecule has 0 fully saturated rings. The van der Waals surface area contributed by atoms with E-state index < -0.39 is 5.97 Å². The van der Waals surface area contributed by atoms with E-state index in [1.165, 1.54) is 27.8 Å². The number of aromatic nitrogens is 5. The maximum absolute atomic E-state index is 10.9. The maximum atomic E-state index is 10.9. The van der Waals surface area contributed by atoms with Gasteiger partial charge in [0.2, 0.25) is 0 Å². The van der Waals surface area contributed by atoms with E-state index in [1.54, 1.807) is 11.8 Å². The minimum Gasteiger partial charge on any atom is -0.480 e. The van der Waals surface area contributed by atoms with E-state index in [0.717, 1.165) is 21.5 Å². The normalized spacial score (nSPS) is 11.0. The molecule has 0 spiro atoms. The lowest BCUT2D eigenvalue weighted by atomic mass is 10.5.